The van der Waals surface area contributed by atoms with Crippen LogP contribution in [0.15, 0.2) is 0 Å². The molecule has 0 saturated heterocycles. The van der Waals surface area contributed by atoms with Crippen LogP contribution < -0.4 is 15.4 Å². The summed E-state index contributed by atoms with van der Waals surface area (Å²) in [6, 6.07) is 0.679. The van der Waals surface area contributed by atoms with Crippen LogP contribution in [0.4, 0.5) is 11.9 Å². The van der Waals surface area contributed by atoms with Crippen LogP contribution in [0.3, 0.4) is 0 Å². The van der Waals surface area contributed by atoms with E-state index in [-0.39, 0.29) is 6.10 Å². The first-order chi connectivity index (χ1) is 10.1. The van der Waals surface area contributed by atoms with Gasteiger partial charge in [-0.3, -0.25) is 0 Å². The highest BCUT2D eigenvalue weighted by Crippen LogP contribution is 2.24. The molecule has 1 saturated carbocycles. The minimum Gasteiger partial charge on any atom is -0.461 e. The van der Waals surface area contributed by atoms with E-state index in [0.29, 0.717) is 30.1 Å². The van der Waals surface area contributed by atoms with Crippen LogP contribution in [0.1, 0.15) is 40.0 Å². The zero-order valence-electron chi connectivity index (χ0n) is 13.2. The summed E-state index contributed by atoms with van der Waals surface area (Å²) in [4.78, 5) is 13.0. The van der Waals surface area contributed by atoms with Crippen molar-refractivity contribution in [2.75, 3.05) is 24.3 Å². The first-order valence-corrected chi connectivity index (χ1v) is 7.56. The molecule has 1 aromatic heterocycles. The van der Waals surface area contributed by atoms with E-state index in [0.717, 1.165) is 25.8 Å². The van der Waals surface area contributed by atoms with Crippen LogP contribution in [0.2, 0.25) is 0 Å². The van der Waals surface area contributed by atoms with Crippen molar-refractivity contribution in [1.82, 2.24) is 15.0 Å². The fourth-order valence-electron chi connectivity index (χ4n) is 2.39. The predicted molar refractivity (Wildman–Crippen MR) is 81.8 cm³/mol. The average Bonchev–Trinajstić information content (AvgIpc) is 2.85. The van der Waals surface area contributed by atoms with Crippen molar-refractivity contribution in [2.45, 2.75) is 58.3 Å². The van der Waals surface area contributed by atoms with Crippen LogP contribution in [-0.4, -0.2) is 46.9 Å². The maximum absolute atomic E-state index is 5.58. The number of hydrogen-bond acceptors (Lipinski definition) is 7. The van der Waals surface area contributed by atoms with E-state index in [1.54, 1.807) is 7.11 Å². The van der Waals surface area contributed by atoms with Crippen molar-refractivity contribution >= 4 is 11.9 Å². The number of ether oxygens (including phenoxy) is 2. The number of rotatable bonds is 7. The van der Waals surface area contributed by atoms with Crippen molar-refractivity contribution in [2.24, 2.45) is 0 Å². The Morgan fingerprint density at radius 3 is 2.57 bits per heavy atom. The second-order valence-electron chi connectivity index (χ2n) is 5.47. The van der Waals surface area contributed by atoms with Gasteiger partial charge in [0, 0.05) is 19.7 Å². The molecule has 0 radical (unpaired) electrons. The zero-order chi connectivity index (χ0) is 15.2. The molecule has 1 fully saturated rings. The monoisotopic (exact) mass is 295 g/mol. The van der Waals surface area contributed by atoms with Gasteiger partial charge in [0.25, 0.3) is 0 Å². The molecule has 2 unspecified atom stereocenters. The van der Waals surface area contributed by atoms with E-state index in [9.17, 15) is 0 Å². The number of anilines is 2. The highest BCUT2D eigenvalue weighted by Gasteiger charge is 2.25. The van der Waals surface area contributed by atoms with E-state index < -0.39 is 0 Å². The Bertz CT molecular complexity index is 455. The molecule has 1 heterocycles. The molecule has 118 valence electrons. The highest BCUT2D eigenvalue weighted by molar-refractivity contribution is 5.36. The molecule has 7 nitrogen and oxygen atoms in total. The van der Waals surface area contributed by atoms with E-state index >= 15 is 0 Å². The largest absolute Gasteiger partial charge is 0.461 e. The predicted octanol–water partition coefficient (Wildman–Crippen LogP) is 2.07. The number of aromatic nitrogens is 3. The summed E-state index contributed by atoms with van der Waals surface area (Å²) >= 11 is 0. The maximum Gasteiger partial charge on any atom is 0.323 e. The van der Waals surface area contributed by atoms with Gasteiger partial charge in [-0.2, -0.15) is 15.0 Å². The van der Waals surface area contributed by atoms with E-state index in [1.807, 2.05) is 20.8 Å². The molecular formula is C14H25N5O2. The Labute approximate surface area is 125 Å². The molecule has 0 bridgehead atoms. The van der Waals surface area contributed by atoms with Gasteiger partial charge in [-0.25, -0.2) is 0 Å². The van der Waals surface area contributed by atoms with Gasteiger partial charge in [-0.1, -0.05) is 0 Å². The average molecular weight is 295 g/mol. The molecular weight excluding hydrogens is 270 g/mol. The SMILES string of the molecule is CCNc1nc(NC2CCC(OC)C2)nc(OC(C)C)n1. The molecule has 0 aromatic carbocycles. The molecule has 1 aliphatic rings. The minimum atomic E-state index is 0.0269. The number of hydrogen-bond donors (Lipinski definition) is 2. The molecule has 1 aliphatic carbocycles. The number of methoxy groups -OCH3 is 1. The Morgan fingerprint density at radius 1 is 1.19 bits per heavy atom. The first kappa shape index (κ1) is 15.8. The Morgan fingerprint density at radius 2 is 1.95 bits per heavy atom. The lowest BCUT2D eigenvalue weighted by Crippen LogP contribution is -2.20. The van der Waals surface area contributed by atoms with Crippen molar-refractivity contribution < 1.29 is 9.47 Å². The standard InChI is InChI=1S/C14H25N5O2/c1-5-15-12-17-13(19-14(18-12)21-9(2)3)16-10-6-7-11(8-10)20-4/h9-11H,5-8H2,1-4H3,(H2,15,16,17,18,19). The summed E-state index contributed by atoms with van der Waals surface area (Å²) in [5, 5.41) is 6.45. The Balaban J connectivity index is 2.08. The van der Waals surface area contributed by atoms with Gasteiger partial charge in [0.1, 0.15) is 0 Å². The molecule has 2 rings (SSSR count). The first-order valence-electron chi connectivity index (χ1n) is 7.56. The molecule has 21 heavy (non-hydrogen) atoms. The van der Waals surface area contributed by atoms with E-state index in [2.05, 4.69) is 25.6 Å². The van der Waals surface area contributed by atoms with Gasteiger partial charge in [0.2, 0.25) is 11.9 Å². The van der Waals surface area contributed by atoms with E-state index in [4.69, 9.17) is 9.47 Å². The topological polar surface area (TPSA) is 81.2 Å². The third-order valence-corrected chi connectivity index (χ3v) is 3.34. The summed E-state index contributed by atoms with van der Waals surface area (Å²) in [5.74, 6) is 1.09. The lowest BCUT2D eigenvalue weighted by molar-refractivity contribution is 0.108. The second-order valence-corrected chi connectivity index (χ2v) is 5.47. The van der Waals surface area contributed by atoms with Gasteiger partial charge in [0.05, 0.1) is 12.2 Å². The lowest BCUT2D eigenvalue weighted by Gasteiger charge is -2.15. The van der Waals surface area contributed by atoms with Crippen molar-refractivity contribution in [3.63, 3.8) is 0 Å². The fraction of sp³-hybridized carbons (Fsp3) is 0.786. The van der Waals surface area contributed by atoms with Gasteiger partial charge in [-0.05, 0) is 40.0 Å². The maximum atomic E-state index is 5.58. The second kappa shape index (κ2) is 7.40. The summed E-state index contributed by atoms with van der Waals surface area (Å²) in [6.45, 7) is 6.65. The molecule has 2 atom stereocenters. The third kappa shape index (κ3) is 4.70. The van der Waals surface area contributed by atoms with Crippen molar-refractivity contribution in [1.29, 1.82) is 0 Å². The summed E-state index contributed by atoms with van der Waals surface area (Å²) in [7, 11) is 1.76. The van der Waals surface area contributed by atoms with E-state index in [1.165, 1.54) is 0 Å². The highest BCUT2D eigenvalue weighted by atomic mass is 16.5. The quantitative estimate of drug-likeness (QED) is 0.797. The molecule has 0 spiro atoms. The van der Waals surface area contributed by atoms with Crippen LogP contribution in [0.5, 0.6) is 6.01 Å². The van der Waals surface area contributed by atoms with Crippen molar-refractivity contribution in [3.8, 4) is 6.01 Å². The van der Waals surface area contributed by atoms with Gasteiger partial charge in [0.15, 0.2) is 0 Å². The number of nitrogens with one attached hydrogen (secondary N) is 2. The van der Waals surface area contributed by atoms with Gasteiger partial charge in [-0.15, -0.1) is 0 Å². The summed E-state index contributed by atoms with van der Waals surface area (Å²) in [6.07, 6.45) is 3.44. The summed E-state index contributed by atoms with van der Waals surface area (Å²) < 4.78 is 11.0. The molecule has 0 aliphatic heterocycles. The molecule has 7 heteroatoms. The van der Waals surface area contributed by atoms with Crippen LogP contribution in [0.25, 0.3) is 0 Å². The van der Waals surface area contributed by atoms with Crippen molar-refractivity contribution in [3.05, 3.63) is 0 Å². The van der Waals surface area contributed by atoms with Crippen LogP contribution in [0, 0.1) is 0 Å². The third-order valence-electron chi connectivity index (χ3n) is 3.34. The normalized spacial score (nSPS) is 21.6. The van der Waals surface area contributed by atoms with Gasteiger partial charge < -0.3 is 20.1 Å². The summed E-state index contributed by atoms with van der Waals surface area (Å²) in [5.41, 5.74) is 0. The van der Waals surface area contributed by atoms with Gasteiger partial charge >= 0.3 is 6.01 Å². The molecule has 1 aromatic rings. The Hall–Kier alpha value is -1.63. The smallest absolute Gasteiger partial charge is 0.323 e. The van der Waals surface area contributed by atoms with Crippen LogP contribution in [-0.2, 0) is 4.74 Å². The fourth-order valence-corrected chi connectivity index (χ4v) is 2.39. The Kier molecular flexibility index (Phi) is 5.55. The molecule has 0 amide bonds. The number of nitrogens with zero attached hydrogens (tertiary/aromatic N) is 3. The zero-order valence-corrected chi connectivity index (χ0v) is 13.2. The van der Waals surface area contributed by atoms with Crippen LogP contribution >= 0.6 is 0 Å². The molecule has 2 N–H and O–H groups in total. The minimum absolute atomic E-state index is 0.0269. The lowest BCUT2D eigenvalue weighted by atomic mass is 10.2.